The van der Waals surface area contributed by atoms with Crippen LogP contribution < -0.4 is 10.5 Å². The summed E-state index contributed by atoms with van der Waals surface area (Å²) in [5.41, 5.74) is 4.91. The van der Waals surface area contributed by atoms with Crippen LogP contribution in [0.5, 0.6) is 0 Å². The van der Waals surface area contributed by atoms with E-state index < -0.39 is 0 Å². The molecule has 6 nitrogen and oxygen atoms in total. The fraction of sp³-hybridized carbons (Fsp3) is 0.323. The fourth-order valence-electron chi connectivity index (χ4n) is 5.96. The molecule has 188 valence electrons. The summed E-state index contributed by atoms with van der Waals surface area (Å²) >= 11 is 0. The van der Waals surface area contributed by atoms with E-state index >= 15 is 0 Å². The van der Waals surface area contributed by atoms with Gasteiger partial charge in [0.15, 0.2) is 0 Å². The molecule has 0 bridgehead atoms. The van der Waals surface area contributed by atoms with Crippen LogP contribution in [0.15, 0.2) is 65.5 Å². The predicted octanol–water partition coefficient (Wildman–Crippen LogP) is 6.16. The Morgan fingerprint density at radius 1 is 1.08 bits per heavy atom. The van der Waals surface area contributed by atoms with Gasteiger partial charge in [-0.05, 0) is 62.6 Å². The standard InChI is InChI=1S/C31H31N3O3/c1-19(2)31(36)37-17-16-33(21-8-5-4-6-9-21)26-15-13-23-28-22(26)10-7-11-24(28)30(35)34-27-14-12-20(3)18-25(27)32-29(23)34/h7,10-15,18,21H,1,4-6,8-9,16-17H2,2-3H3. The number of aryl methyl sites for hydroxylation is 1. The number of fused-ring (bicyclic) bond motifs is 4. The highest BCUT2D eigenvalue weighted by Crippen LogP contribution is 2.38. The molecule has 1 fully saturated rings. The van der Waals surface area contributed by atoms with Crippen molar-refractivity contribution < 1.29 is 9.53 Å². The first kappa shape index (κ1) is 23.5. The zero-order valence-electron chi connectivity index (χ0n) is 21.4. The minimum Gasteiger partial charge on any atom is -0.460 e. The summed E-state index contributed by atoms with van der Waals surface area (Å²) in [5, 5.41) is 3.65. The van der Waals surface area contributed by atoms with Crippen molar-refractivity contribution in [3.05, 3.63) is 76.6 Å². The topological polar surface area (TPSA) is 63.9 Å². The van der Waals surface area contributed by atoms with Crippen LogP contribution in [-0.2, 0) is 9.53 Å². The molecule has 0 unspecified atom stereocenters. The summed E-state index contributed by atoms with van der Waals surface area (Å²) < 4.78 is 7.25. The molecule has 6 rings (SSSR count). The molecule has 2 heterocycles. The number of carbonyl (C=O) groups is 1. The third-order valence-corrected chi connectivity index (χ3v) is 7.74. The monoisotopic (exact) mass is 493 g/mol. The number of hydrogen-bond donors (Lipinski definition) is 0. The minimum absolute atomic E-state index is 0.0452. The van der Waals surface area contributed by atoms with Crippen molar-refractivity contribution in [2.24, 2.45) is 0 Å². The molecule has 6 heteroatoms. The molecule has 0 spiro atoms. The quantitative estimate of drug-likeness (QED) is 0.209. The molecule has 2 aromatic heterocycles. The lowest BCUT2D eigenvalue weighted by Crippen LogP contribution is -2.39. The normalized spacial score (nSPS) is 14.6. The molecular weight excluding hydrogens is 462 g/mol. The lowest BCUT2D eigenvalue weighted by Gasteiger charge is -2.37. The van der Waals surface area contributed by atoms with Gasteiger partial charge >= 0.3 is 5.97 Å². The molecule has 37 heavy (non-hydrogen) atoms. The summed E-state index contributed by atoms with van der Waals surface area (Å²) in [7, 11) is 0. The third kappa shape index (κ3) is 3.91. The molecule has 1 aliphatic carbocycles. The van der Waals surface area contributed by atoms with Gasteiger partial charge in [0.2, 0.25) is 0 Å². The third-order valence-electron chi connectivity index (χ3n) is 7.74. The van der Waals surface area contributed by atoms with Gasteiger partial charge in [-0.2, -0.15) is 0 Å². The van der Waals surface area contributed by atoms with Gasteiger partial charge in [0.05, 0.1) is 17.6 Å². The highest BCUT2D eigenvalue weighted by molar-refractivity contribution is 6.18. The number of imidazole rings is 1. The zero-order chi connectivity index (χ0) is 25.7. The Hall–Kier alpha value is -3.93. The smallest absolute Gasteiger partial charge is 0.333 e. The number of esters is 1. The summed E-state index contributed by atoms with van der Waals surface area (Å²) in [5.74, 6) is -0.361. The van der Waals surface area contributed by atoms with Crippen LogP contribution in [0.1, 0.15) is 44.6 Å². The predicted molar refractivity (Wildman–Crippen MR) is 150 cm³/mol. The second-order valence-electron chi connectivity index (χ2n) is 10.3. The number of carbonyl (C=O) groups excluding carboxylic acids is 1. The number of ether oxygens (including phenoxy) is 1. The van der Waals surface area contributed by atoms with E-state index in [1.54, 1.807) is 11.3 Å². The van der Waals surface area contributed by atoms with Crippen LogP contribution in [0.2, 0.25) is 0 Å². The maximum atomic E-state index is 13.8. The SMILES string of the molecule is C=C(C)C(=O)OCCN(c1ccc2c3c1cccc3c(=O)n1c3ccc(C)cc3nc21)C1CCCCC1. The average molecular weight is 494 g/mol. The van der Waals surface area contributed by atoms with Crippen LogP contribution in [0.3, 0.4) is 0 Å². The molecule has 0 aliphatic heterocycles. The molecule has 0 atom stereocenters. The Morgan fingerprint density at radius 2 is 1.86 bits per heavy atom. The lowest BCUT2D eigenvalue weighted by molar-refractivity contribution is -0.138. The van der Waals surface area contributed by atoms with E-state index in [-0.39, 0.29) is 11.5 Å². The van der Waals surface area contributed by atoms with Crippen molar-refractivity contribution in [2.75, 3.05) is 18.1 Å². The Labute approximate surface area is 215 Å². The molecule has 0 N–H and O–H groups in total. The van der Waals surface area contributed by atoms with E-state index in [2.05, 4.69) is 29.7 Å². The fourth-order valence-corrected chi connectivity index (χ4v) is 5.96. The van der Waals surface area contributed by atoms with Gasteiger partial charge in [0, 0.05) is 38.8 Å². The van der Waals surface area contributed by atoms with E-state index in [1.807, 2.05) is 37.3 Å². The van der Waals surface area contributed by atoms with E-state index in [0.717, 1.165) is 51.3 Å². The molecule has 3 aromatic carbocycles. The molecular formula is C31H31N3O3. The van der Waals surface area contributed by atoms with Crippen molar-refractivity contribution in [3.63, 3.8) is 0 Å². The van der Waals surface area contributed by atoms with Crippen LogP contribution >= 0.6 is 0 Å². The highest BCUT2D eigenvalue weighted by Gasteiger charge is 2.25. The van der Waals surface area contributed by atoms with Crippen molar-refractivity contribution >= 4 is 49.9 Å². The maximum absolute atomic E-state index is 13.8. The van der Waals surface area contributed by atoms with Crippen molar-refractivity contribution in [1.29, 1.82) is 0 Å². The van der Waals surface area contributed by atoms with Gasteiger partial charge in [-0.1, -0.05) is 44.0 Å². The van der Waals surface area contributed by atoms with Crippen LogP contribution in [0, 0.1) is 6.92 Å². The first-order valence-corrected chi connectivity index (χ1v) is 13.1. The van der Waals surface area contributed by atoms with Gasteiger partial charge in [-0.25, -0.2) is 9.78 Å². The van der Waals surface area contributed by atoms with E-state index in [1.165, 1.54) is 19.3 Å². The minimum atomic E-state index is -0.361. The Morgan fingerprint density at radius 3 is 2.65 bits per heavy atom. The highest BCUT2D eigenvalue weighted by atomic mass is 16.5. The van der Waals surface area contributed by atoms with Gasteiger partial charge in [0.25, 0.3) is 5.56 Å². The lowest BCUT2D eigenvalue weighted by atomic mass is 9.92. The summed E-state index contributed by atoms with van der Waals surface area (Å²) in [4.78, 5) is 33.1. The number of pyridine rings is 1. The van der Waals surface area contributed by atoms with E-state index in [9.17, 15) is 9.59 Å². The second kappa shape index (κ2) is 9.18. The largest absolute Gasteiger partial charge is 0.460 e. The van der Waals surface area contributed by atoms with Gasteiger partial charge in [-0.15, -0.1) is 0 Å². The number of nitrogens with zero attached hydrogens (tertiary/aromatic N) is 3. The molecule has 1 aliphatic rings. The summed E-state index contributed by atoms with van der Waals surface area (Å²) in [6.45, 7) is 8.28. The number of anilines is 1. The summed E-state index contributed by atoms with van der Waals surface area (Å²) in [6, 6.07) is 16.6. The van der Waals surface area contributed by atoms with Crippen LogP contribution in [0.4, 0.5) is 5.69 Å². The maximum Gasteiger partial charge on any atom is 0.333 e. The zero-order valence-corrected chi connectivity index (χ0v) is 21.4. The number of aromatic nitrogens is 2. The number of benzene rings is 3. The van der Waals surface area contributed by atoms with Crippen molar-refractivity contribution in [3.8, 4) is 0 Å². The van der Waals surface area contributed by atoms with E-state index in [0.29, 0.717) is 35.8 Å². The van der Waals surface area contributed by atoms with Crippen LogP contribution in [0.25, 0.3) is 38.2 Å². The van der Waals surface area contributed by atoms with Crippen molar-refractivity contribution in [2.45, 2.75) is 52.0 Å². The first-order valence-electron chi connectivity index (χ1n) is 13.1. The molecule has 5 aromatic rings. The van der Waals surface area contributed by atoms with Crippen molar-refractivity contribution in [1.82, 2.24) is 9.38 Å². The molecule has 1 saturated carbocycles. The van der Waals surface area contributed by atoms with Gasteiger partial charge in [-0.3, -0.25) is 9.20 Å². The van der Waals surface area contributed by atoms with Gasteiger partial charge < -0.3 is 9.64 Å². The van der Waals surface area contributed by atoms with Crippen LogP contribution in [-0.4, -0.2) is 34.5 Å². The average Bonchev–Trinajstić information content (AvgIpc) is 3.29. The first-order chi connectivity index (χ1) is 17.9. The molecule has 0 amide bonds. The van der Waals surface area contributed by atoms with Gasteiger partial charge in [0.1, 0.15) is 12.3 Å². The Kier molecular flexibility index (Phi) is 5.82. The second-order valence-corrected chi connectivity index (χ2v) is 10.3. The Bertz CT molecular complexity index is 1730. The molecule has 0 saturated heterocycles. The Balaban J connectivity index is 1.54. The summed E-state index contributed by atoms with van der Waals surface area (Å²) in [6.07, 6.45) is 5.84. The molecule has 0 radical (unpaired) electrons. The number of rotatable bonds is 6. The van der Waals surface area contributed by atoms with E-state index in [4.69, 9.17) is 9.72 Å². The number of hydrogen-bond acceptors (Lipinski definition) is 5.